The lowest BCUT2D eigenvalue weighted by Crippen LogP contribution is -2.50. The van der Waals surface area contributed by atoms with E-state index in [1.54, 1.807) is 0 Å². The Labute approximate surface area is 115 Å². The topological polar surface area (TPSA) is 84.3 Å². The van der Waals surface area contributed by atoms with Gasteiger partial charge in [0.05, 0.1) is 22.2 Å². The van der Waals surface area contributed by atoms with Crippen molar-refractivity contribution in [2.45, 2.75) is 31.7 Å². The van der Waals surface area contributed by atoms with Crippen molar-refractivity contribution in [3.8, 4) is 0 Å². The van der Waals surface area contributed by atoms with Crippen LogP contribution in [0.3, 0.4) is 0 Å². The first-order chi connectivity index (χ1) is 9.48. The van der Waals surface area contributed by atoms with Gasteiger partial charge in [0.25, 0.3) is 5.69 Å². The molecule has 7 heteroatoms. The van der Waals surface area contributed by atoms with E-state index >= 15 is 0 Å². The molecule has 1 amide bonds. The van der Waals surface area contributed by atoms with E-state index in [0.717, 1.165) is 19.0 Å². The molecule has 1 aromatic rings. The molecule has 1 aromatic carbocycles. The Hall–Kier alpha value is -2.02. The monoisotopic (exact) mass is 281 g/mol. The van der Waals surface area contributed by atoms with E-state index in [2.05, 4.69) is 10.6 Å². The summed E-state index contributed by atoms with van der Waals surface area (Å²) in [6, 6.07) is 3.18. The highest BCUT2D eigenvalue weighted by Gasteiger charge is 2.39. The maximum Gasteiger partial charge on any atom is 0.272 e. The second kappa shape index (κ2) is 5.54. The van der Waals surface area contributed by atoms with Crippen LogP contribution in [0.1, 0.15) is 26.2 Å². The fourth-order valence-electron chi connectivity index (χ4n) is 2.42. The highest BCUT2D eigenvalue weighted by Crippen LogP contribution is 2.26. The molecule has 2 N–H and O–H groups in total. The molecule has 0 radical (unpaired) electrons. The van der Waals surface area contributed by atoms with Gasteiger partial charge >= 0.3 is 0 Å². The van der Waals surface area contributed by atoms with Crippen molar-refractivity contribution >= 4 is 17.3 Å². The first-order valence-corrected chi connectivity index (χ1v) is 6.49. The third kappa shape index (κ3) is 2.62. The summed E-state index contributed by atoms with van der Waals surface area (Å²) < 4.78 is 13.7. The van der Waals surface area contributed by atoms with E-state index < -0.39 is 16.3 Å². The van der Waals surface area contributed by atoms with Crippen molar-refractivity contribution in [1.82, 2.24) is 5.32 Å². The normalized spacial score (nSPS) is 21.7. The summed E-state index contributed by atoms with van der Waals surface area (Å²) >= 11 is 0. The zero-order valence-corrected chi connectivity index (χ0v) is 11.1. The van der Waals surface area contributed by atoms with E-state index in [1.165, 1.54) is 12.1 Å². The SMILES string of the molecule is CCC1(C(=O)Nc2ccc([N+](=O)[O-])cc2F)CCCN1. The van der Waals surface area contributed by atoms with Crippen molar-refractivity contribution in [2.75, 3.05) is 11.9 Å². The van der Waals surface area contributed by atoms with Gasteiger partial charge in [-0.25, -0.2) is 4.39 Å². The van der Waals surface area contributed by atoms with Crippen molar-refractivity contribution in [2.24, 2.45) is 0 Å². The molecule has 0 bridgehead atoms. The van der Waals surface area contributed by atoms with Gasteiger partial charge in [-0.15, -0.1) is 0 Å². The Balaban J connectivity index is 2.17. The standard InChI is InChI=1S/C13H16FN3O3/c1-2-13(6-3-7-15-13)12(18)16-11-5-4-9(17(19)20)8-10(11)14/h4-5,8,15H,2-3,6-7H2,1H3,(H,16,18). The average molecular weight is 281 g/mol. The lowest BCUT2D eigenvalue weighted by atomic mass is 9.93. The number of non-ortho nitro benzene ring substituents is 1. The lowest BCUT2D eigenvalue weighted by Gasteiger charge is -2.26. The number of hydrogen-bond acceptors (Lipinski definition) is 4. The molecule has 1 heterocycles. The number of amides is 1. The number of carbonyl (C=O) groups is 1. The largest absolute Gasteiger partial charge is 0.322 e. The molecular weight excluding hydrogens is 265 g/mol. The minimum Gasteiger partial charge on any atom is -0.322 e. The number of hydrogen-bond donors (Lipinski definition) is 2. The molecule has 0 saturated carbocycles. The van der Waals surface area contributed by atoms with Crippen molar-refractivity contribution in [3.05, 3.63) is 34.1 Å². The van der Waals surface area contributed by atoms with Crippen molar-refractivity contribution in [3.63, 3.8) is 0 Å². The molecular formula is C13H16FN3O3. The van der Waals surface area contributed by atoms with Crippen molar-refractivity contribution < 1.29 is 14.1 Å². The maximum atomic E-state index is 13.7. The van der Waals surface area contributed by atoms with Crippen LogP contribution in [0.2, 0.25) is 0 Å². The first kappa shape index (κ1) is 14.4. The predicted molar refractivity (Wildman–Crippen MR) is 71.9 cm³/mol. The molecule has 1 saturated heterocycles. The average Bonchev–Trinajstić information content (AvgIpc) is 2.90. The number of benzene rings is 1. The summed E-state index contributed by atoms with van der Waals surface area (Å²) in [4.78, 5) is 22.1. The Morgan fingerprint density at radius 1 is 1.60 bits per heavy atom. The maximum absolute atomic E-state index is 13.7. The zero-order valence-electron chi connectivity index (χ0n) is 11.1. The first-order valence-electron chi connectivity index (χ1n) is 6.49. The van der Waals surface area contributed by atoms with Gasteiger partial charge in [-0.3, -0.25) is 14.9 Å². The Bertz CT molecular complexity index is 542. The third-order valence-electron chi connectivity index (χ3n) is 3.69. The quantitative estimate of drug-likeness (QED) is 0.654. The van der Waals surface area contributed by atoms with Gasteiger partial charge in [-0.1, -0.05) is 6.92 Å². The van der Waals surface area contributed by atoms with Crippen LogP contribution >= 0.6 is 0 Å². The summed E-state index contributed by atoms with van der Waals surface area (Å²) in [7, 11) is 0. The van der Waals surface area contributed by atoms with Crippen molar-refractivity contribution in [1.29, 1.82) is 0 Å². The Kier molecular flexibility index (Phi) is 3.99. The lowest BCUT2D eigenvalue weighted by molar-refractivity contribution is -0.385. The van der Waals surface area contributed by atoms with E-state index in [0.29, 0.717) is 12.8 Å². The fraction of sp³-hybridized carbons (Fsp3) is 0.462. The highest BCUT2D eigenvalue weighted by molar-refractivity contribution is 5.98. The molecule has 1 aliphatic heterocycles. The number of nitro groups is 1. The molecule has 1 atom stereocenters. The van der Waals surface area contributed by atoms with Gasteiger partial charge in [0, 0.05) is 6.07 Å². The van der Waals surface area contributed by atoms with E-state index in [4.69, 9.17) is 0 Å². The second-order valence-electron chi connectivity index (χ2n) is 4.84. The Morgan fingerprint density at radius 2 is 2.35 bits per heavy atom. The number of carbonyl (C=O) groups excluding carboxylic acids is 1. The van der Waals surface area contributed by atoms with Crippen LogP contribution in [-0.4, -0.2) is 22.9 Å². The van der Waals surface area contributed by atoms with Crippen LogP contribution in [0.5, 0.6) is 0 Å². The molecule has 1 aliphatic rings. The van der Waals surface area contributed by atoms with Crippen LogP contribution in [-0.2, 0) is 4.79 Å². The summed E-state index contributed by atoms with van der Waals surface area (Å²) in [6.45, 7) is 2.65. The predicted octanol–water partition coefficient (Wildman–Crippen LogP) is 2.20. The van der Waals surface area contributed by atoms with Gasteiger partial charge in [-0.05, 0) is 31.9 Å². The molecule has 6 nitrogen and oxygen atoms in total. The third-order valence-corrected chi connectivity index (χ3v) is 3.69. The van der Waals surface area contributed by atoms with Crippen LogP contribution in [0.4, 0.5) is 15.8 Å². The molecule has 0 aromatic heterocycles. The number of halogens is 1. The summed E-state index contributed by atoms with van der Waals surface area (Å²) in [5, 5.41) is 16.2. The smallest absolute Gasteiger partial charge is 0.272 e. The molecule has 108 valence electrons. The number of nitrogens with zero attached hydrogens (tertiary/aromatic N) is 1. The Morgan fingerprint density at radius 3 is 2.85 bits per heavy atom. The summed E-state index contributed by atoms with van der Waals surface area (Å²) in [5.41, 5.74) is -1.05. The van der Waals surface area contributed by atoms with Crippen LogP contribution in [0.15, 0.2) is 18.2 Å². The van der Waals surface area contributed by atoms with Gasteiger partial charge in [-0.2, -0.15) is 0 Å². The van der Waals surface area contributed by atoms with Crippen LogP contribution in [0, 0.1) is 15.9 Å². The highest BCUT2D eigenvalue weighted by atomic mass is 19.1. The molecule has 1 fully saturated rings. The van der Waals surface area contributed by atoms with Gasteiger partial charge in [0.2, 0.25) is 5.91 Å². The molecule has 20 heavy (non-hydrogen) atoms. The zero-order chi connectivity index (χ0) is 14.8. The minimum atomic E-state index is -0.809. The van der Waals surface area contributed by atoms with E-state index in [9.17, 15) is 19.3 Å². The van der Waals surface area contributed by atoms with Crippen LogP contribution in [0.25, 0.3) is 0 Å². The van der Waals surface area contributed by atoms with Crippen LogP contribution < -0.4 is 10.6 Å². The molecule has 1 unspecified atom stereocenters. The van der Waals surface area contributed by atoms with Gasteiger partial charge in [0.1, 0.15) is 0 Å². The summed E-state index contributed by atoms with van der Waals surface area (Å²) in [6.07, 6.45) is 2.20. The minimum absolute atomic E-state index is 0.0397. The number of rotatable bonds is 4. The van der Waals surface area contributed by atoms with E-state index in [-0.39, 0.29) is 17.3 Å². The molecule has 0 aliphatic carbocycles. The summed E-state index contributed by atoms with van der Waals surface area (Å²) in [5.74, 6) is -1.11. The van der Waals surface area contributed by atoms with Gasteiger partial charge < -0.3 is 10.6 Å². The number of nitrogens with one attached hydrogen (secondary N) is 2. The fourth-order valence-corrected chi connectivity index (χ4v) is 2.42. The second-order valence-corrected chi connectivity index (χ2v) is 4.84. The molecule has 2 rings (SSSR count). The van der Waals surface area contributed by atoms with Gasteiger partial charge in [0.15, 0.2) is 5.82 Å². The van der Waals surface area contributed by atoms with E-state index in [1.807, 2.05) is 6.92 Å². The number of nitro benzene ring substituents is 1. The molecule has 0 spiro atoms. The number of anilines is 1.